The van der Waals surface area contributed by atoms with Crippen LogP contribution in [0, 0.1) is 46.3 Å². The first kappa shape index (κ1) is 24.4. The van der Waals surface area contributed by atoms with Crippen LogP contribution in [0.1, 0.15) is 85.5 Å². The summed E-state index contributed by atoms with van der Waals surface area (Å²) >= 11 is 0. The van der Waals surface area contributed by atoms with Gasteiger partial charge in [-0.15, -0.1) is 0 Å². The van der Waals surface area contributed by atoms with Crippen molar-refractivity contribution in [1.29, 1.82) is 0 Å². The first-order valence-corrected chi connectivity index (χ1v) is 12.8. The molecule has 6 nitrogen and oxygen atoms in total. The molecule has 0 amide bonds. The maximum absolute atomic E-state index is 13.9. The minimum Gasteiger partial charge on any atom is -0.469 e. The Morgan fingerprint density at radius 1 is 1.12 bits per heavy atom. The van der Waals surface area contributed by atoms with Crippen molar-refractivity contribution >= 4 is 23.5 Å². The molecule has 0 aromatic heterocycles. The number of methoxy groups -OCH3 is 1. The summed E-state index contributed by atoms with van der Waals surface area (Å²) in [6, 6.07) is 0. The number of fused-ring (bicyclic) bond motifs is 5. The van der Waals surface area contributed by atoms with Gasteiger partial charge < -0.3 is 9.47 Å². The number of ketones is 2. The molecular weight excluding hydrogens is 420 g/mol. The second kappa shape index (κ2) is 8.81. The summed E-state index contributed by atoms with van der Waals surface area (Å²) in [5.41, 5.74) is -0.510. The summed E-state index contributed by atoms with van der Waals surface area (Å²) in [6.07, 6.45) is 5.99. The van der Waals surface area contributed by atoms with Gasteiger partial charge in [-0.1, -0.05) is 20.8 Å². The number of ether oxygens (including phenoxy) is 2. The molecule has 0 heterocycles. The minimum absolute atomic E-state index is 0.0548. The number of carbonyl (C=O) groups excluding carboxylic acids is 4. The predicted molar refractivity (Wildman–Crippen MR) is 122 cm³/mol. The van der Waals surface area contributed by atoms with Crippen LogP contribution in [0.5, 0.6) is 0 Å². The van der Waals surface area contributed by atoms with Gasteiger partial charge in [0.2, 0.25) is 0 Å². The maximum atomic E-state index is 13.9. The molecule has 33 heavy (non-hydrogen) atoms. The Bertz CT molecular complexity index is 834. The van der Waals surface area contributed by atoms with E-state index in [9.17, 15) is 19.2 Å². The zero-order chi connectivity index (χ0) is 24.1. The Kier molecular flexibility index (Phi) is 6.52. The van der Waals surface area contributed by atoms with Crippen LogP contribution in [-0.4, -0.2) is 36.7 Å². The van der Waals surface area contributed by atoms with Crippen LogP contribution in [-0.2, 0) is 28.7 Å². The van der Waals surface area contributed by atoms with Gasteiger partial charge in [0, 0.05) is 43.9 Å². The van der Waals surface area contributed by atoms with E-state index in [-0.39, 0.29) is 59.0 Å². The lowest BCUT2D eigenvalue weighted by Gasteiger charge is -2.61. The van der Waals surface area contributed by atoms with Gasteiger partial charge in [0.25, 0.3) is 0 Å². The molecule has 0 bridgehead atoms. The van der Waals surface area contributed by atoms with Crippen LogP contribution in [0.4, 0.5) is 0 Å². The topological polar surface area (TPSA) is 86.7 Å². The highest BCUT2D eigenvalue weighted by Crippen LogP contribution is 2.67. The van der Waals surface area contributed by atoms with E-state index in [1.165, 1.54) is 14.0 Å². The van der Waals surface area contributed by atoms with Crippen molar-refractivity contribution in [1.82, 2.24) is 0 Å². The van der Waals surface area contributed by atoms with E-state index < -0.39 is 5.41 Å². The number of hydrogen-bond donors (Lipinski definition) is 0. The first-order chi connectivity index (χ1) is 15.5. The highest BCUT2D eigenvalue weighted by molar-refractivity contribution is 5.87. The molecule has 0 spiro atoms. The van der Waals surface area contributed by atoms with Gasteiger partial charge in [-0.3, -0.25) is 19.2 Å². The van der Waals surface area contributed by atoms with Gasteiger partial charge in [-0.05, 0) is 67.1 Å². The predicted octanol–water partition coefficient (Wildman–Crippen LogP) is 4.52. The summed E-state index contributed by atoms with van der Waals surface area (Å²) in [5.74, 6) is 1.28. The van der Waals surface area contributed by atoms with Gasteiger partial charge >= 0.3 is 11.9 Å². The molecular formula is C27H40O6. The van der Waals surface area contributed by atoms with Gasteiger partial charge in [-0.25, -0.2) is 0 Å². The zero-order valence-corrected chi connectivity index (χ0v) is 20.9. The monoisotopic (exact) mass is 460 g/mol. The molecule has 0 aromatic carbocycles. The normalized spacial score (nSPS) is 43.2. The van der Waals surface area contributed by atoms with E-state index in [0.29, 0.717) is 37.2 Å². The number of Topliss-reactive ketones (excluding diaryl/α,β-unsaturated/α-hetero) is 2. The third kappa shape index (κ3) is 3.95. The molecule has 4 saturated carbocycles. The fourth-order valence-electron chi connectivity index (χ4n) is 8.63. The molecule has 184 valence electrons. The second-order valence-corrected chi connectivity index (χ2v) is 11.8. The van der Waals surface area contributed by atoms with E-state index in [2.05, 4.69) is 20.8 Å². The van der Waals surface area contributed by atoms with Crippen molar-refractivity contribution in [3.05, 3.63) is 0 Å². The highest BCUT2D eigenvalue weighted by atomic mass is 16.5. The van der Waals surface area contributed by atoms with Crippen LogP contribution in [0.2, 0.25) is 0 Å². The van der Waals surface area contributed by atoms with Crippen molar-refractivity contribution in [2.45, 2.75) is 91.6 Å². The molecule has 4 rings (SSSR count). The van der Waals surface area contributed by atoms with Crippen molar-refractivity contribution in [2.75, 3.05) is 7.11 Å². The SMILES string of the molecule is COC(=O)CC[C@H](C)[C@H]1CC[C@@H]2[C@@H]3[C@@H](CC(=O)[C@@]21C)[C@@]1(C)CCC(=O)C[C@H]1C[C@H]3OC(C)=O. The molecule has 6 heteroatoms. The van der Waals surface area contributed by atoms with Crippen molar-refractivity contribution < 1.29 is 28.7 Å². The zero-order valence-electron chi connectivity index (χ0n) is 20.9. The fraction of sp³-hybridized carbons (Fsp3) is 0.852. The molecule has 0 unspecified atom stereocenters. The van der Waals surface area contributed by atoms with Crippen LogP contribution < -0.4 is 0 Å². The highest BCUT2D eigenvalue weighted by Gasteiger charge is 2.66. The van der Waals surface area contributed by atoms with E-state index in [1.807, 2.05) is 0 Å². The van der Waals surface area contributed by atoms with Gasteiger partial charge in [0.15, 0.2) is 0 Å². The van der Waals surface area contributed by atoms with E-state index in [0.717, 1.165) is 32.1 Å². The average Bonchev–Trinajstić information content (AvgIpc) is 3.11. The van der Waals surface area contributed by atoms with E-state index >= 15 is 0 Å². The minimum atomic E-state index is -0.456. The maximum Gasteiger partial charge on any atom is 0.305 e. The Morgan fingerprint density at radius 2 is 1.85 bits per heavy atom. The van der Waals surface area contributed by atoms with Crippen LogP contribution in [0.15, 0.2) is 0 Å². The summed E-state index contributed by atoms with van der Waals surface area (Å²) in [7, 11) is 1.41. The first-order valence-electron chi connectivity index (χ1n) is 12.8. The van der Waals surface area contributed by atoms with Crippen LogP contribution in [0.25, 0.3) is 0 Å². The Hall–Kier alpha value is -1.72. The molecule has 9 atom stereocenters. The Balaban J connectivity index is 1.65. The molecule has 0 aromatic rings. The van der Waals surface area contributed by atoms with E-state index in [1.54, 1.807) is 0 Å². The Labute approximate surface area is 197 Å². The summed E-state index contributed by atoms with van der Waals surface area (Å²) in [5, 5.41) is 0. The number of carbonyl (C=O) groups is 4. The van der Waals surface area contributed by atoms with Crippen LogP contribution >= 0.6 is 0 Å². The summed E-state index contributed by atoms with van der Waals surface area (Å²) in [6.45, 7) is 8.06. The van der Waals surface area contributed by atoms with Crippen molar-refractivity contribution in [2.24, 2.45) is 46.3 Å². The number of esters is 2. The number of hydrogen-bond acceptors (Lipinski definition) is 6. The Morgan fingerprint density at radius 3 is 2.52 bits per heavy atom. The number of rotatable bonds is 5. The van der Waals surface area contributed by atoms with E-state index in [4.69, 9.17) is 9.47 Å². The molecule has 4 aliphatic rings. The molecule has 4 fully saturated rings. The largest absolute Gasteiger partial charge is 0.469 e. The summed E-state index contributed by atoms with van der Waals surface area (Å²) in [4.78, 5) is 50.0. The molecule has 0 N–H and O–H groups in total. The standard InChI is InChI=1S/C27H40O6/c1-15(6-9-24(31)32-5)19-7-8-20-25-21(14-23(30)27(19,20)4)26(3)11-10-18(29)12-17(26)13-22(25)33-16(2)28/h15,17,19-22,25H,6-14H2,1-5H3/t15-,17-,19+,20+,21+,22+,25+,26-,27+/m0/s1. The lowest BCUT2D eigenvalue weighted by Crippen LogP contribution is -2.61. The molecule has 0 aliphatic heterocycles. The van der Waals surface area contributed by atoms with Gasteiger partial charge in [0.05, 0.1) is 7.11 Å². The summed E-state index contributed by atoms with van der Waals surface area (Å²) < 4.78 is 10.8. The van der Waals surface area contributed by atoms with Gasteiger partial charge in [-0.2, -0.15) is 0 Å². The quantitative estimate of drug-likeness (QED) is 0.561. The molecule has 0 saturated heterocycles. The average molecular weight is 461 g/mol. The van der Waals surface area contributed by atoms with Crippen LogP contribution in [0.3, 0.4) is 0 Å². The van der Waals surface area contributed by atoms with Crippen molar-refractivity contribution in [3.63, 3.8) is 0 Å². The fourth-order valence-corrected chi connectivity index (χ4v) is 8.63. The lowest BCUT2D eigenvalue weighted by molar-refractivity contribution is -0.190. The van der Waals surface area contributed by atoms with Gasteiger partial charge in [0.1, 0.15) is 17.7 Å². The second-order valence-electron chi connectivity index (χ2n) is 11.8. The molecule has 4 aliphatic carbocycles. The smallest absolute Gasteiger partial charge is 0.305 e. The third-order valence-corrected chi connectivity index (χ3v) is 10.4. The van der Waals surface area contributed by atoms with Crippen molar-refractivity contribution in [3.8, 4) is 0 Å². The lowest BCUT2D eigenvalue weighted by atomic mass is 9.43. The molecule has 0 radical (unpaired) electrons. The third-order valence-electron chi connectivity index (χ3n) is 10.4.